The number of rotatable bonds is 5. The first kappa shape index (κ1) is 16.4. The van der Waals surface area contributed by atoms with Gasteiger partial charge in [-0.2, -0.15) is 0 Å². The molecule has 1 aromatic heterocycles. The van der Waals surface area contributed by atoms with E-state index >= 15 is 0 Å². The third-order valence-electron chi connectivity index (χ3n) is 6.20. The van der Waals surface area contributed by atoms with Crippen LogP contribution in [0.1, 0.15) is 38.5 Å². The van der Waals surface area contributed by atoms with E-state index in [1.807, 2.05) is 30.3 Å². The number of carbonyl (C=O) groups is 1. The average molecular weight is 369 g/mol. The third-order valence-corrected chi connectivity index (χ3v) is 7.02. The van der Waals surface area contributed by atoms with Crippen molar-refractivity contribution in [1.29, 1.82) is 0 Å². The summed E-state index contributed by atoms with van der Waals surface area (Å²) in [4.78, 5) is 12.6. The lowest BCUT2D eigenvalue weighted by Gasteiger charge is -2.56. The van der Waals surface area contributed by atoms with Crippen LogP contribution in [-0.4, -0.2) is 27.4 Å². The maximum absolute atomic E-state index is 12.6. The van der Waals surface area contributed by atoms with E-state index in [1.165, 1.54) is 50.3 Å². The molecular weight excluding hydrogens is 346 g/mol. The molecule has 4 fully saturated rings. The Morgan fingerprint density at radius 3 is 2.38 bits per heavy atom. The lowest BCUT2D eigenvalue weighted by atomic mass is 9.53. The third kappa shape index (κ3) is 3.15. The largest absolute Gasteiger partial charge is 0.411 e. The minimum atomic E-state index is 0.0659. The number of hydrogen-bond acceptors (Lipinski definition) is 5. The lowest BCUT2D eigenvalue weighted by Crippen LogP contribution is -2.60. The Bertz CT molecular complexity index is 769. The van der Waals surface area contributed by atoms with Crippen molar-refractivity contribution >= 4 is 17.7 Å². The molecule has 136 valence electrons. The van der Waals surface area contributed by atoms with E-state index in [9.17, 15) is 4.79 Å². The highest BCUT2D eigenvalue weighted by atomic mass is 32.2. The van der Waals surface area contributed by atoms with Crippen LogP contribution >= 0.6 is 11.8 Å². The lowest BCUT2D eigenvalue weighted by molar-refractivity contribution is -0.124. The van der Waals surface area contributed by atoms with E-state index in [1.54, 1.807) is 0 Å². The molecule has 4 saturated carbocycles. The van der Waals surface area contributed by atoms with Gasteiger partial charge in [-0.15, -0.1) is 10.2 Å². The van der Waals surface area contributed by atoms with E-state index < -0.39 is 0 Å². The topological polar surface area (TPSA) is 68.0 Å². The highest BCUT2D eigenvalue weighted by Gasteiger charge is 2.51. The van der Waals surface area contributed by atoms with E-state index in [-0.39, 0.29) is 11.4 Å². The fourth-order valence-corrected chi connectivity index (χ4v) is 6.25. The Hall–Kier alpha value is -1.82. The first-order valence-corrected chi connectivity index (χ1v) is 10.5. The molecule has 4 bridgehead atoms. The summed E-state index contributed by atoms with van der Waals surface area (Å²) in [5, 5.41) is 12.0. The van der Waals surface area contributed by atoms with Crippen LogP contribution in [-0.2, 0) is 4.79 Å². The average Bonchev–Trinajstić information content (AvgIpc) is 3.08. The molecule has 4 aliphatic rings. The van der Waals surface area contributed by atoms with Crippen molar-refractivity contribution in [2.45, 2.75) is 49.3 Å². The number of hydrogen-bond donors (Lipinski definition) is 1. The van der Waals surface area contributed by atoms with Gasteiger partial charge in [0.2, 0.25) is 11.8 Å². The Kier molecular flexibility index (Phi) is 4.03. The molecule has 26 heavy (non-hydrogen) atoms. The van der Waals surface area contributed by atoms with Crippen molar-refractivity contribution in [3.8, 4) is 11.5 Å². The van der Waals surface area contributed by atoms with Gasteiger partial charge in [0.1, 0.15) is 0 Å². The second-order valence-corrected chi connectivity index (χ2v) is 9.20. The minimum Gasteiger partial charge on any atom is -0.411 e. The van der Waals surface area contributed by atoms with Crippen LogP contribution in [0.15, 0.2) is 40.0 Å². The predicted octanol–water partition coefficient (Wildman–Crippen LogP) is 3.91. The molecule has 0 saturated heterocycles. The fraction of sp³-hybridized carbons (Fsp3) is 0.550. The Morgan fingerprint density at radius 1 is 1.08 bits per heavy atom. The molecule has 1 N–H and O–H groups in total. The van der Waals surface area contributed by atoms with E-state index in [0.717, 1.165) is 23.3 Å². The summed E-state index contributed by atoms with van der Waals surface area (Å²) in [5.41, 5.74) is 0.959. The fourth-order valence-electron chi connectivity index (χ4n) is 5.69. The Balaban J connectivity index is 1.19. The zero-order valence-corrected chi connectivity index (χ0v) is 15.5. The second kappa shape index (κ2) is 6.41. The molecule has 6 rings (SSSR count). The number of amides is 1. The van der Waals surface area contributed by atoms with Crippen molar-refractivity contribution in [2.24, 2.45) is 17.8 Å². The molecule has 0 unspecified atom stereocenters. The van der Waals surface area contributed by atoms with E-state index in [4.69, 9.17) is 4.42 Å². The molecule has 0 aliphatic heterocycles. The summed E-state index contributed by atoms with van der Waals surface area (Å²) in [6, 6.07) is 9.68. The summed E-state index contributed by atoms with van der Waals surface area (Å²) >= 11 is 1.32. The number of thioether (sulfide) groups is 1. The molecule has 5 nitrogen and oxygen atoms in total. The van der Waals surface area contributed by atoms with Crippen molar-refractivity contribution in [3.63, 3.8) is 0 Å². The standard InChI is InChI=1S/C20H23N3O2S/c24-17(21-20-9-13-6-14(10-20)8-15(7-13)11-20)12-26-19-23-22-18(25-19)16-4-2-1-3-5-16/h1-5,13-15H,6-12H2,(H,21,24). The van der Waals surface area contributed by atoms with Gasteiger partial charge in [-0.3, -0.25) is 4.79 Å². The van der Waals surface area contributed by atoms with Gasteiger partial charge in [-0.05, 0) is 68.4 Å². The van der Waals surface area contributed by atoms with Gasteiger partial charge in [0.05, 0.1) is 5.75 Å². The molecule has 0 radical (unpaired) electrons. The molecule has 4 aliphatic carbocycles. The number of nitrogens with zero attached hydrogens (tertiary/aromatic N) is 2. The van der Waals surface area contributed by atoms with Crippen LogP contribution in [0.3, 0.4) is 0 Å². The number of benzene rings is 1. The van der Waals surface area contributed by atoms with Crippen molar-refractivity contribution in [3.05, 3.63) is 30.3 Å². The molecular formula is C20H23N3O2S. The minimum absolute atomic E-state index is 0.0659. The van der Waals surface area contributed by atoms with Crippen LogP contribution in [0, 0.1) is 17.8 Å². The zero-order valence-electron chi connectivity index (χ0n) is 14.7. The zero-order chi connectivity index (χ0) is 17.6. The van der Waals surface area contributed by atoms with Crippen molar-refractivity contribution in [1.82, 2.24) is 15.5 Å². The summed E-state index contributed by atoms with van der Waals surface area (Å²) < 4.78 is 5.67. The summed E-state index contributed by atoms with van der Waals surface area (Å²) in [6.45, 7) is 0. The quantitative estimate of drug-likeness (QED) is 0.809. The number of carbonyl (C=O) groups excluding carboxylic acids is 1. The van der Waals surface area contributed by atoms with Gasteiger partial charge < -0.3 is 9.73 Å². The molecule has 1 heterocycles. The van der Waals surface area contributed by atoms with E-state index in [0.29, 0.717) is 16.9 Å². The summed E-state index contributed by atoms with van der Waals surface area (Å²) in [5.74, 6) is 3.42. The van der Waals surface area contributed by atoms with Crippen LogP contribution in [0.2, 0.25) is 0 Å². The predicted molar refractivity (Wildman–Crippen MR) is 99.5 cm³/mol. The van der Waals surface area contributed by atoms with Crippen LogP contribution in [0.5, 0.6) is 0 Å². The molecule has 1 amide bonds. The normalized spacial score (nSPS) is 31.9. The SMILES string of the molecule is O=C(CSc1nnc(-c2ccccc2)o1)NC12CC3CC(CC(C3)C1)C2. The van der Waals surface area contributed by atoms with Crippen LogP contribution in [0.25, 0.3) is 11.5 Å². The number of nitrogens with one attached hydrogen (secondary N) is 1. The van der Waals surface area contributed by atoms with Gasteiger partial charge in [-0.25, -0.2) is 0 Å². The maximum atomic E-state index is 12.6. The van der Waals surface area contributed by atoms with Gasteiger partial charge in [0, 0.05) is 11.1 Å². The smallest absolute Gasteiger partial charge is 0.277 e. The molecule has 0 spiro atoms. The van der Waals surface area contributed by atoms with Crippen molar-refractivity contribution < 1.29 is 9.21 Å². The van der Waals surface area contributed by atoms with Gasteiger partial charge in [0.15, 0.2) is 0 Å². The monoisotopic (exact) mass is 369 g/mol. The highest BCUT2D eigenvalue weighted by molar-refractivity contribution is 7.99. The van der Waals surface area contributed by atoms with Gasteiger partial charge in [-0.1, -0.05) is 30.0 Å². The molecule has 1 aromatic carbocycles. The maximum Gasteiger partial charge on any atom is 0.277 e. The molecule has 6 heteroatoms. The summed E-state index contributed by atoms with van der Waals surface area (Å²) in [7, 11) is 0. The van der Waals surface area contributed by atoms with Gasteiger partial charge >= 0.3 is 0 Å². The first-order chi connectivity index (χ1) is 12.7. The molecule has 2 aromatic rings. The van der Waals surface area contributed by atoms with Gasteiger partial charge in [0.25, 0.3) is 5.22 Å². The first-order valence-electron chi connectivity index (χ1n) is 9.50. The molecule has 0 atom stereocenters. The summed E-state index contributed by atoms with van der Waals surface area (Å²) in [6.07, 6.45) is 7.67. The van der Waals surface area contributed by atoms with Crippen LogP contribution < -0.4 is 5.32 Å². The Labute approximate surface area is 157 Å². The van der Waals surface area contributed by atoms with Crippen molar-refractivity contribution in [2.75, 3.05) is 5.75 Å². The van der Waals surface area contributed by atoms with E-state index in [2.05, 4.69) is 15.5 Å². The number of aromatic nitrogens is 2. The second-order valence-electron chi connectivity index (χ2n) is 8.27. The van der Waals surface area contributed by atoms with Crippen LogP contribution in [0.4, 0.5) is 0 Å². The highest BCUT2D eigenvalue weighted by Crippen LogP contribution is 2.55. The Morgan fingerprint density at radius 2 is 1.73 bits per heavy atom.